The number of aromatic nitrogens is 2. The largest absolute Gasteiger partial charge is 0.394 e. The van der Waals surface area contributed by atoms with Gasteiger partial charge in [-0.05, 0) is 18.2 Å². The molecule has 0 spiro atoms. The van der Waals surface area contributed by atoms with Crippen molar-refractivity contribution < 1.29 is 28.8 Å². The predicted molar refractivity (Wildman–Crippen MR) is 99.3 cm³/mol. The summed E-state index contributed by atoms with van der Waals surface area (Å²) in [5, 5.41) is 12.2. The number of nitrogens with one attached hydrogen (secondary N) is 1. The van der Waals surface area contributed by atoms with E-state index in [1.807, 2.05) is 0 Å². The van der Waals surface area contributed by atoms with Gasteiger partial charge in [0.1, 0.15) is 24.1 Å². The number of carbonyl (C=O) groups is 1. The molecule has 2 aliphatic heterocycles. The van der Waals surface area contributed by atoms with E-state index in [-0.39, 0.29) is 24.9 Å². The minimum atomic E-state index is -0.821. The van der Waals surface area contributed by atoms with Crippen LogP contribution in [0.4, 0.5) is 5.82 Å². The van der Waals surface area contributed by atoms with Crippen molar-refractivity contribution in [1.29, 1.82) is 0 Å². The van der Waals surface area contributed by atoms with Gasteiger partial charge in [-0.1, -0.05) is 18.2 Å². The summed E-state index contributed by atoms with van der Waals surface area (Å²) in [4.78, 5) is 28.7. The Balaban J connectivity index is 1.52. The second kappa shape index (κ2) is 8.39. The molecule has 4 rings (SSSR count). The van der Waals surface area contributed by atoms with Gasteiger partial charge in [-0.2, -0.15) is 4.98 Å². The van der Waals surface area contributed by atoms with E-state index in [2.05, 4.69) is 10.3 Å². The van der Waals surface area contributed by atoms with Crippen LogP contribution < -0.4 is 11.0 Å². The maximum atomic E-state index is 12.6. The number of ether oxygens (including phenoxy) is 4. The summed E-state index contributed by atoms with van der Waals surface area (Å²) >= 11 is 0. The number of hydrogen-bond donors (Lipinski definition) is 2. The van der Waals surface area contributed by atoms with Crippen molar-refractivity contribution in [3.05, 3.63) is 58.6 Å². The van der Waals surface area contributed by atoms with Gasteiger partial charge in [-0.3, -0.25) is 9.36 Å². The molecule has 0 bridgehead atoms. The summed E-state index contributed by atoms with van der Waals surface area (Å²) in [5.41, 5.74) is -0.177. The topological polar surface area (TPSA) is 121 Å². The van der Waals surface area contributed by atoms with Crippen molar-refractivity contribution in [3.63, 3.8) is 0 Å². The summed E-state index contributed by atoms with van der Waals surface area (Å²) < 4.78 is 23.6. The predicted octanol–water partition coefficient (Wildman–Crippen LogP) is 0.142. The van der Waals surface area contributed by atoms with Crippen molar-refractivity contribution >= 4 is 11.7 Å². The molecule has 1 aromatic heterocycles. The third-order valence-corrected chi connectivity index (χ3v) is 4.77. The Kier molecular flexibility index (Phi) is 5.69. The van der Waals surface area contributed by atoms with Gasteiger partial charge in [0.2, 0.25) is 0 Å². The van der Waals surface area contributed by atoms with Gasteiger partial charge >= 0.3 is 5.69 Å². The first-order valence-electron chi connectivity index (χ1n) is 9.12. The number of rotatable bonds is 6. The van der Waals surface area contributed by atoms with Crippen LogP contribution in [-0.2, 0) is 18.9 Å². The zero-order valence-electron chi connectivity index (χ0n) is 15.6. The minimum absolute atomic E-state index is 0.120. The molecule has 10 heteroatoms. The Labute approximate surface area is 166 Å². The number of hydrogen-bond acceptors (Lipinski definition) is 8. The van der Waals surface area contributed by atoms with E-state index in [1.54, 1.807) is 30.3 Å². The van der Waals surface area contributed by atoms with Crippen LogP contribution in [0.1, 0.15) is 16.6 Å². The average Bonchev–Trinajstić information content (AvgIpc) is 3.28. The first-order valence-corrected chi connectivity index (χ1v) is 9.12. The second-order valence-electron chi connectivity index (χ2n) is 6.66. The molecule has 3 heterocycles. The number of fused-ring (bicyclic) bond motifs is 1. The van der Waals surface area contributed by atoms with Crippen LogP contribution >= 0.6 is 0 Å². The third-order valence-electron chi connectivity index (χ3n) is 4.77. The molecule has 2 aliphatic rings. The van der Waals surface area contributed by atoms with Crippen molar-refractivity contribution in [3.8, 4) is 0 Å². The molecule has 0 saturated carbocycles. The van der Waals surface area contributed by atoms with Crippen molar-refractivity contribution in [1.82, 2.24) is 9.55 Å². The molecule has 1 unspecified atom stereocenters. The average molecular weight is 403 g/mol. The van der Waals surface area contributed by atoms with Crippen LogP contribution in [0.5, 0.6) is 0 Å². The molecule has 0 radical (unpaired) electrons. The fraction of sp³-hybridized carbons (Fsp3) is 0.421. The highest BCUT2D eigenvalue weighted by Crippen LogP contribution is 2.38. The van der Waals surface area contributed by atoms with Gasteiger partial charge in [0, 0.05) is 18.9 Å². The van der Waals surface area contributed by atoms with Crippen LogP contribution in [0.15, 0.2) is 47.4 Å². The first-order chi connectivity index (χ1) is 14.1. The quantitative estimate of drug-likeness (QED) is 0.699. The molecule has 1 amide bonds. The molecule has 1 aromatic carbocycles. The lowest BCUT2D eigenvalue weighted by atomic mass is 10.1. The molecule has 0 aliphatic carbocycles. The highest BCUT2D eigenvalue weighted by molar-refractivity contribution is 6.03. The fourth-order valence-electron chi connectivity index (χ4n) is 3.44. The zero-order chi connectivity index (χ0) is 20.4. The van der Waals surface area contributed by atoms with E-state index in [0.29, 0.717) is 5.56 Å². The summed E-state index contributed by atoms with van der Waals surface area (Å²) in [7, 11) is 1.52. The summed E-state index contributed by atoms with van der Waals surface area (Å²) in [5.74, 6) is -0.253. The second-order valence-corrected chi connectivity index (χ2v) is 6.66. The highest BCUT2D eigenvalue weighted by atomic mass is 16.8. The van der Waals surface area contributed by atoms with Crippen LogP contribution in [0, 0.1) is 0 Å². The maximum absolute atomic E-state index is 12.6. The maximum Gasteiger partial charge on any atom is 0.351 e. The van der Waals surface area contributed by atoms with Gasteiger partial charge in [0.05, 0.1) is 13.2 Å². The highest BCUT2D eigenvalue weighted by Gasteiger charge is 2.53. The number of carbonyl (C=O) groups excluding carboxylic acids is 1. The van der Waals surface area contributed by atoms with E-state index in [9.17, 15) is 14.7 Å². The third kappa shape index (κ3) is 3.93. The fourth-order valence-corrected chi connectivity index (χ4v) is 3.44. The summed E-state index contributed by atoms with van der Waals surface area (Å²) in [6, 6.07) is 10.1. The zero-order valence-corrected chi connectivity index (χ0v) is 15.6. The molecule has 2 aromatic rings. The van der Waals surface area contributed by atoms with Crippen LogP contribution in [0.2, 0.25) is 0 Å². The molecule has 29 heavy (non-hydrogen) atoms. The molecule has 154 valence electrons. The van der Waals surface area contributed by atoms with Crippen molar-refractivity contribution in [2.24, 2.45) is 0 Å². The number of aliphatic hydroxyl groups is 1. The van der Waals surface area contributed by atoms with Crippen LogP contribution in [-0.4, -0.2) is 65.5 Å². The Hall–Kier alpha value is -2.63. The van der Waals surface area contributed by atoms with Crippen LogP contribution in [0.3, 0.4) is 0 Å². The smallest absolute Gasteiger partial charge is 0.351 e. The van der Waals surface area contributed by atoms with E-state index in [0.717, 1.165) is 0 Å². The lowest BCUT2D eigenvalue weighted by molar-refractivity contribution is -0.168. The first kappa shape index (κ1) is 19.7. The Morgan fingerprint density at radius 2 is 1.97 bits per heavy atom. The van der Waals surface area contributed by atoms with Crippen LogP contribution in [0.25, 0.3) is 0 Å². The number of nitrogens with zero attached hydrogens (tertiary/aromatic N) is 2. The van der Waals surface area contributed by atoms with E-state index in [4.69, 9.17) is 18.9 Å². The normalized spacial score (nSPS) is 28.3. The Morgan fingerprint density at radius 1 is 1.21 bits per heavy atom. The van der Waals surface area contributed by atoms with Gasteiger partial charge in [-0.25, -0.2) is 4.79 Å². The molecule has 5 atom stereocenters. The lowest BCUT2D eigenvalue weighted by Gasteiger charge is -2.20. The van der Waals surface area contributed by atoms with Gasteiger partial charge in [-0.15, -0.1) is 0 Å². The molecular formula is C19H21N3O7. The molecular weight excluding hydrogens is 382 g/mol. The van der Waals surface area contributed by atoms with Gasteiger partial charge < -0.3 is 29.4 Å². The summed E-state index contributed by atoms with van der Waals surface area (Å²) in [6.45, 7) is -0.0659. The number of anilines is 1. The van der Waals surface area contributed by atoms with E-state index < -0.39 is 36.5 Å². The molecule has 2 saturated heterocycles. The number of methoxy groups -OCH3 is 1. The molecule has 2 N–H and O–H groups in total. The standard InChI is InChI=1S/C19H21N3O7/c1-26-10-14-28-15-12(9-23)27-18(16(15)29-14)22-8-7-13(21-19(22)25)20-17(24)11-5-3-2-4-6-11/h2-8,12,14-16,18,23H,9-10H2,1H3,(H,20,21,24,25)/t12-,14?,15-,16-,18-/m1/s1. The van der Waals surface area contributed by atoms with E-state index in [1.165, 1.54) is 23.9 Å². The summed E-state index contributed by atoms with van der Waals surface area (Å²) in [6.07, 6.45) is -1.74. The molecule has 10 nitrogen and oxygen atoms in total. The van der Waals surface area contributed by atoms with Gasteiger partial charge in [0.25, 0.3) is 5.91 Å². The number of aliphatic hydroxyl groups excluding tert-OH is 1. The van der Waals surface area contributed by atoms with E-state index >= 15 is 0 Å². The number of amides is 1. The SMILES string of the molecule is COCC1O[C@@H]2[C@H](O1)[C@@H](CO)O[C@H]2n1ccc(NC(=O)c2ccccc2)nc1=O. The Bertz CT molecular complexity index is 920. The lowest BCUT2D eigenvalue weighted by Crippen LogP contribution is -2.34. The Morgan fingerprint density at radius 3 is 2.66 bits per heavy atom. The van der Waals surface area contributed by atoms with Crippen molar-refractivity contribution in [2.45, 2.75) is 30.8 Å². The minimum Gasteiger partial charge on any atom is -0.394 e. The number of benzene rings is 1. The molecule has 2 fully saturated rings. The van der Waals surface area contributed by atoms with Gasteiger partial charge in [0.15, 0.2) is 12.5 Å². The monoisotopic (exact) mass is 403 g/mol. The van der Waals surface area contributed by atoms with Crippen molar-refractivity contribution in [2.75, 3.05) is 25.6 Å².